The average molecular weight is 388 g/mol. The molecule has 0 saturated heterocycles. The van der Waals surface area contributed by atoms with Crippen molar-refractivity contribution < 1.29 is 4.79 Å². The predicted molar refractivity (Wildman–Crippen MR) is 119 cm³/mol. The summed E-state index contributed by atoms with van der Waals surface area (Å²) in [4.78, 5) is 17.4. The zero-order valence-electron chi connectivity index (χ0n) is 16.8. The SMILES string of the molecule is C=NN(/N=C(\C)c1ccccn1)c1cncc(-c2ccc(NC)cc2)c1.CC=O. The molecule has 2 heterocycles. The summed E-state index contributed by atoms with van der Waals surface area (Å²) >= 11 is 0. The number of carbonyl (C=O) groups is 1. The number of pyridine rings is 2. The summed E-state index contributed by atoms with van der Waals surface area (Å²) in [6, 6.07) is 15.8. The fourth-order valence-electron chi connectivity index (χ4n) is 2.47. The van der Waals surface area contributed by atoms with E-state index in [1.165, 1.54) is 12.0 Å². The minimum absolute atomic E-state index is 0.727. The van der Waals surface area contributed by atoms with Crippen LogP contribution in [0.4, 0.5) is 11.4 Å². The van der Waals surface area contributed by atoms with Crippen molar-refractivity contribution >= 4 is 30.1 Å². The molecule has 0 saturated carbocycles. The molecule has 7 heteroatoms. The maximum Gasteiger partial charge on any atom is 0.116 e. The number of nitrogens with zero attached hydrogens (tertiary/aromatic N) is 5. The highest BCUT2D eigenvalue weighted by molar-refractivity contribution is 5.97. The van der Waals surface area contributed by atoms with Crippen molar-refractivity contribution in [1.29, 1.82) is 0 Å². The van der Waals surface area contributed by atoms with E-state index in [1.54, 1.807) is 12.4 Å². The van der Waals surface area contributed by atoms with Gasteiger partial charge in [0.15, 0.2) is 0 Å². The lowest BCUT2D eigenvalue weighted by Crippen LogP contribution is -2.12. The van der Waals surface area contributed by atoms with E-state index in [9.17, 15) is 0 Å². The van der Waals surface area contributed by atoms with Gasteiger partial charge < -0.3 is 10.1 Å². The van der Waals surface area contributed by atoms with Crippen LogP contribution in [0.2, 0.25) is 0 Å². The summed E-state index contributed by atoms with van der Waals surface area (Å²) in [5.74, 6) is 0. The van der Waals surface area contributed by atoms with Gasteiger partial charge in [-0.1, -0.05) is 18.2 Å². The van der Waals surface area contributed by atoms with Crippen molar-refractivity contribution in [2.45, 2.75) is 13.8 Å². The minimum Gasteiger partial charge on any atom is -0.388 e. The van der Waals surface area contributed by atoms with Gasteiger partial charge in [-0.05, 0) is 49.7 Å². The second-order valence-corrected chi connectivity index (χ2v) is 5.83. The third-order valence-electron chi connectivity index (χ3n) is 3.88. The Labute approximate surface area is 170 Å². The van der Waals surface area contributed by atoms with Crippen LogP contribution in [0, 0.1) is 0 Å². The Balaban J connectivity index is 0.000000941. The van der Waals surface area contributed by atoms with Gasteiger partial charge in [0.05, 0.1) is 17.6 Å². The van der Waals surface area contributed by atoms with E-state index < -0.39 is 0 Å². The van der Waals surface area contributed by atoms with Gasteiger partial charge in [-0.3, -0.25) is 9.97 Å². The van der Waals surface area contributed by atoms with E-state index in [4.69, 9.17) is 4.79 Å². The van der Waals surface area contributed by atoms with Crippen molar-refractivity contribution in [3.8, 4) is 11.1 Å². The first-order valence-corrected chi connectivity index (χ1v) is 8.99. The van der Waals surface area contributed by atoms with Crippen molar-refractivity contribution in [1.82, 2.24) is 9.97 Å². The number of benzene rings is 1. The number of anilines is 2. The molecule has 1 aromatic carbocycles. The molecule has 0 spiro atoms. The third kappa shape index (κ3) is 6.07. The first-order valence-electron chi connectivity index (χ1n) is 8.99. The second-order valence-electron chi connectivity index (χ2n) is 5.83. The zero-order chi connectivity index (χ0) is 21.1. The largest absolute Gasteiger partial charge is 0.388 e. The normalized spacial score (nSPS) is 10.4. The summed E-state index contributed by atoms with van der Waals surface area (Å²) in [6.45, 7) is 6.95. The van der Waals surface area contributed by atoms with Crippen molar-refractivity contribution in [2.24, 2.45) is 10.2 Å². The summed E-state index contributed by atoms with van der Waals surface area (Å²) in [5.41, 5.74) is 5.35. The van der Waals surface area contributed by atoms with Crippen LogP contribution in [0.15, 0.2) is 77.3 Å². The van der Waals surface area contributed by atoms with Crippen LogP contribution in [0.3, 0.4) is 0 Å². The van der Waals surface area contributed by atoms with Crippen molar-refractivity contribution in [3.63, 3.8) is 0 Å². The van der Waals surface area contributed by atoms with Crippen LogP contribution in [0.25, 0.3) is 11.1 Å². The van der Waals surface area contributed by atoms with E-state index in [2.05, 4.69) is 32.2 Å². The second kappa shape index (κ2) is 11.1. The van der Waals surface area contributed by atoms with Crippen LogP contribution in [-0.4, -0.2) is 35.7 Å². The van der Waals surface area contributed by atoms with Gasteiger partial charge in [-0.25, -0.2) is 0 Å². The van der Waals surface area contributed by atoms with E-state index in [0.29, 0.717) is 0 Å². The highest BCUT2D eigenvalue weighted by Gasteiger charge is 2.08. The van der Waals surface area contributed by atoms with Gasteiger partial charge >= 0.3 is 0 Å². The lowest BCUT2D eigenvalue weighted by Gasteiger charge is -2.14. The molecule has 7 nitrogen and oxygen atoms in total. The minimum atomic E-state index is 0.727. The lowest BCUT2D eigenvalue weighted by atomic mass is 10.1. The van der Waals surface area contributed by atoms with Gasteiger partial charge in [-0.15, -0.1) is 0 Å². The van der Waals surface area contributed by atoms with Gasteiger partial charge in [0.1, 0.15) is 12.0 Å². The Hall–Kier alpha value is -3.87. The van der Waals surface area contributed by atoms with Crippen LogP contribution >= 0.6 is 0 Å². The Morgan fingerprint density at radius 1 is 1.14 bits per heavy atom. The number of aldehydes is 1. The molecule has 0 fully saturated rings. The van der Waals surface area contributed by atoms with Crippen LogP contribution < -0.4 is 10.4 Å². The van der Waals surface area contributed by atoms with Crippen LogP contribution in [-0.2, 0) is 4.79 Å². The summed E-state index contributed by atoms with van der Waals surface area (Å²) in [5, 5.41) is 13.1. The Kier molecular flexibility index (Phi) is 8.19. The van der Waals surface area contributed by atoms with Crippen molar-refractivity contribution in [3.05, 3.63) is 72.8 Å². The number of hydrazone groups is 2. The molecule has 1 N–H and O–H groups in total. The Morgan fingerprint density at radius 2 is 1.86 bits per heavy atom. The average Bonchev–Trinajstić information content (AvgIpc) is 2.78. The Bertz CT molecular complexity index is 955. The molecule has 29 heavy (non-hydrogen) atoms. The van der Waals surface area contributed by atoms with Gasteiger partial charge in [0, 0.05) is 37.4 Å². The molecule has 3 rings (SSSR count). The monoisotopic (exact) mass is 388 g/mol. The van der Waals surface area contributed by atoms with Gasteiger partial charge in [0.2, 0.25) is 0 Å². The first kappa shape index (κ1) is 21.4. The maximum atomic E-state index is 8.81. The quantitative estimate of drug-likeness (QED) is 0.388. The fourth-order valence-corrected chi connectivity index (χ4v) is 2.47. The standard InChI is InChI=1S/C20H20N6.C2H4O/c1-15(20-6-4-5-11-24-20)25-26(22-3)19-12-17(13-23-14-19)16-7-9-18(21-2)10-8-16;1-2-3/h4-14,21H,3H2,1-2H3;2H,1H3/b25-15+;. The number of rotatable bonds is 6. The number of nitrogens with one attached hydrogen (secondary N) is 1. The van der Waals surface area contributed by atoms with E-state index >= 15 is 0 Å². The summed E-state index contributed by atoms with van der Waals surface area (Å²) in [7, 11) is 1.90. The van der Waals surface area contributed by atoms with E-state index in [-0.39, 0.29) is 0 Å². The van der Waals surface area contributed by atoms with Crippen LogP contribution in [0.5, 0.6) is 0 Å². The molecule has 148 valence electrons. The number of carbonyl (C=O) groups excluding carboxylic acids is 1. The molecule has 0 bridgehead atoms. The molecule has 0 amide bonds. The molecule has 0 aliphatic rings. The molecule has 0 unspecified atom stereocenters. The molecule has 0 aliphatic carbocycles. The van der Waals surface area contributed by atoms with Crippen LogP contribution in [0.1, 0.15) is 19.5 Å². The molecule has 2 aromatic heterocycles. The number of hydrogen-bond donors (Lipinski definition) is 1. The first-order chi connectivity index (χ1) is 14.1. The molecule has 0 atom stereocenters. The highest BCUT2D eigenvalue weighted by atomic mass is 16.1. The summed E-state index contributed by atoms with van der Waals surface area (Å²) in [6.07, 6.45) is 6.00. The molecular formula is C22H24N6O. The highest BCUT2D eigenvalue weighted by Crippen LogP contribution is 2.25. The van der Waals surface area contributed by atoms with Gasteiger partial charge in [0.25, 0.3) is 0 Å². The van der Waals surface area contributed by atoms with E-state index in [1.807, 2.05) is 68.7 Å². The molecular weight excluding hydrogens is 364 g/mol. The molecule has 0 aliphatic heterocycles. The summed E-state index contributed by atoms with van der Waals surface area (Å²) < 4.78 is 0. The van der Waals surface area contributed by atoms with E-state index in [0.717, 1.165) is 40.2 Å². The lowest BCUT2D eigenvalue weighted by molar-refractivity contribution is -0.106. The maximum absolute atomic E-state index is 8.81. The van der Waals surface area contributed by atoms with Crippen molar-refractivity contribution in [2.75, 3.05) is 17.5 Å². The fraction of sp³-hybridized carbons (Fsp3) is 0.136. The number of hydrogen-bond acceptors (Lipinski definition) is 7. The number of aromatic nitrogens is 2. The topological polar surface area (TPSA) is 82.8 Å². The third-order valence-corrected chi connectivity index (χ3v) is 3.88. The Morgan fingerprint density at radius 3 is 2.45 bits per heavy atom. The molecule has 0 radical (unpaired) electrons. The smallest absolute Gasteiger partial charge is 0.116 e. The van der Waals surface area contributed by atoms with Gasteiger partial charge in [-0.2, -0.15) is 15.3 Å². The zero-order valence-corrected chi connectivity index (χ0v) is 16.8. The molecule has 3 aromatic rings. The predicted octanol–water partition coefficient (Wildman–Crippen LogP) is 4.24.